The van der Waals surface area contributed by atoms with E-state index in [4.69, 9.17) is 9.47 Å². The first-order valence-electron chi connectivity index (χ1n) is 19.6. The summed E-state index contributed by atoms with van der Waals surface area (Å²) in [7, 11) is -5.25. The molecule has 1 atom stereocenters. The van der Waals surface area contributed by atoms with E-state index in [1.807, 2.05) is 0 Å². The second-order valence-corrected chi connectivity index (χ2v) is 14.4. The molecule has 0 aromatic rings. The number of hydrogen-bond acceptors (Lipinski definition) is 8. The normalized spacial score (nSPS) is 12.7. The van der Waals surface area contributed by atoms with Crippen LogP contribution < -0.4 is 9.79 Å². The van der Waals surface area contributed by atoms with Crippen LogP contribution in [0.5, 0.6) is 0 Å². The Bertz CT molecular complexity index is 838. The number of carbonyl (C=O) groups excluding carboxylic acids is 2. The van der Waals surface area contributed by atoms with Gasteiger partial charge in [0, 0.05) is 12.8 Å². The van der Waals surface area contributed by atoms with Crippen molar-refractivity contribution < 1.29 is 37.9 Å². The van der Waals surface area contributed by atoms with Gasteiger partial charge in [-0.3, -0.25) is 9.59 Å². The number of rotatable bonds is 36. The summed E-state index contributed by atoms with van der Waals surface area (Å²) in [6.45, 7) is 3.47. The summed E-state index contributed by atoms with van der Waals surface area (Å²) < 4.78 is 25.8. The van der Waals surface area contributed by atoms with Crippen LogP contribution in [0, 0.1) is 0 Å². The Hall–Kier alpha value is -1.47. The molecule has 0 spiro atoms. The minimum Gasteiger partial charge on any atom is -0.790 e. The molecule has 0 saturated carbocycles. The predicted octanol–water partition coefficient (Wildman–Crippen LogP) is 10.4. The number of phosphoric ester groups is 1. The molecule has 282 valence electrons. The first-order chi connectivity index (χ1) is 23.3. The highest BCUT2D eigenvalue weighted by Gasteiger charge is 2.18. The number of phosphoric acid groups is 1. The summed E-state index contributed by atoms with van der Waals surface area (Å²) in [4.78, 5) is 46.4. The summed E-state index contributed by atoms with van der Waals surface area (Å²) in [5.74, 6) is -0.980. The molecule has 0 aliphatic rings. The van der Waals surface area contributed by atoms with Crippen LogP contribution in [-0.4, -0.2) is 31.3 Å². The Labute approximate surface area is 294 Å². The van der Waals surface area contributed by atoms with Crippen molar-refractivity contribution in [2.24, 2.45) is 0 Å². The lowest BCUT2D eigenvalue weighted by molar-refractivity contribution is -0.343. The fraction of sp³-hybridized carbons (Fsp3) is 0.846. The lowest BCUT2D eigenvalue weighted by atomic mass is 10.1. The monoisotopic (exact) mass is 698 g/mol. The topological polar surface area (TPSA) is 125 Å². The van der Waals surface area contributed by atoms with E-state index in [0.717, 1.165) is 64.2 Å². The van der Waals surface area contributed by atoms with Crippen molar-refractivity contribution in [2.75, 3.05) is 13.2 Å². The Morgan fingerprint density at radius 1 is 0.521 bits per heavy atom. The summed E-state index contributed by atoms with van der Waals surface area (Å²) in [6, 6.07) is 0. The quantitative estimate of drug-likeness (QED) is 0.0274. The maximum absolute atomic E-state index is 12.3. The molecule has 0 aliphatic carbocycles. The zero-order chi connectivity index (χ0) is 35.4. The maximum atomic E-state index is 12.3. The van der Waals surface area contributed by atoms with Crippen molar-refractivity contribution in [3.63, 3.8) is 0 Å². The molecule has 8 nitrogen and oxygen atoms in total. The zero-order valence-corrected chi connectivity index (χ0v) is 31.7. The van der Waals surface area contributed by atoms with E-state index in [2.05, 4.69) is 42.7 Å². The number of ether oxygens (including phenoxy) is 2. The molecule has 0 N–H and O–H groups in total. The molecule has 9 heteroatoms. The molecule has 0 rings (SSSR count). The molecule has 0 heterocycles. The second-order valence-electron chi connectivity index (χ2n) is 13.2. The van der Waals surface area contributed by atoms with Gasteiger partial charge in [0.15, 0.2) is 6.10 Å². The van der Waals surface area contributed by atoms with Gasteiger partial charge >= 0.3 is 11.9 Å². The van der Waals surface area contributed by atoms with Gasteiger partial charge in [-0.25, -0.2) is 0 Å². The molecule has 0 aromatic carbocycles. The first-order valence-corrected chi connectivity index (χ1v) is 21.1. The van der Waals surface area contributed by atoms with E-state index < -0.39 is 32.5 Å². The largest absolute Gasteiger partial charge is 0.790 e. The average Bonchev–Trinajstić information content (AvgIpc) is 3.05. The van der Waals surface area contributed by atoms with Gasteiger partial charge < -0.3 is 28.3 Å². The Morgan fingerprint density at radius 3 is 1.27 bits per heavy atom. The third-order valence-corrected chi connectivity index (χ3v) is 8.90. The molecule has 48 heavy (non-hydrogen) atoms. The molecular formula is C39H71O8P-2. The van der Waals surface area contributed by atoms with Crippen LogP contribution >= 0.6 is 7.82 Å². The molecule has 0 unspecified atom stereocenters. The van der Waals surface area contributed by atoms with E-state index in [-0.39, 0.29) is 19.4 Å². The molecule has 0 aliphatic heterocycles. The first kappa shape index (κ1) is 46.5. The van der Waals surface area contributed by atoms with Crippen molar-refractivity contribution >= 4 is 19.8 Å². The number of unbranched alkanes of at least 4 members (excludes halogenated alkanes) is 22. The van der Waals surface area contributed by atoms with Gasteiger partial charge in [-0.05, 0) is 64.2 Å². The summed E-state index contributed by atoms with van der Waals surface area (Å²) in [6.07, 6.45) is 38.5. The fourth-order valence-electron chi connectivity index (χ4n) is 5.47. The summed E-state index contributed by atoms with van der Waals surface area (Å²) in [5.41, 5.74) is 0. The van der Waals surface area contributed by atoms with Crippen molar-refractivity contribution in [2.45, 2.75) is 200 Å². The van der Waals surface area contributed by atoms with E-state index in [9.17, 15) is 23.9 Å². The lowest BCUT2D eigenvalue weighted by Gasteiger charge is -2.30. The van der Waals surface area contributed by atoms with E-state index >= 15 is 0 Å². The second kappa shape index (κ2) is 35.4. The highest BCUT2D eigenvalue weighted by molar-refractivity contribution is 7.43. The lowest BCUT2D eigenvalue weighted by Crippen LogP contribution is -2.31. The number of carbonyl (C=O) groups is 2. The van der Waals surface area contributed by atoms with Gasteiger partial charge in [-0.15, -0.1) is 0 Å². The Kier molecular flexibility index (Phi) is 34.3. The Balaban J connectivity index is 3.98. The average molecular weight is 699 g/mol. The third kappa shape index (κ3) is 37.4. The summed E-state index contributed by atoms with van der Waals surface area (Å²) in [5, 5.41) is 0. The molecule has 0 fully saturated rings. The van der Waals surface area contributed by atoms with Crippen LogP contribution in [-0.2, 0) is 28.2 Å². The third-order valence-electron chi connectivity index (χ3n) is 8.43. The van der Waals surface area contributed by atoms with Crippen LogP contribution in [0.3, 0.4) is 0 Å². The number of allylic oxidation sites excluding steroid dienone is 4. The smallest absolute Gasteiger partial charge is 0.306 e. The van der Waals surface area contributed by atoms with Crippen LogP contribution in [0.4, 0.5) is 0 Å². The van der Waals surface area contributed by atoms with Gasteiger partial charge in [0.25, 0.3) is 0 Å². The molecule has 0 saturated heterocycles. The van der Waals surface area contributed by atoms with Gasteiger partial charge in [0.2, 0.25) is 0 Å². The standard InChI is InChI=1S/C39H73O8P/c1-3-5-7-9-11-13-15-17-19-21-23-25-27-29-31-33-38(40)45-35-37(36-46-48(42,43)44)47-39(41)34-32-30-28-26-24-22-20-18-16-14-12-10-8-6-4-2/h19-22,37H,3-18,23-36H2,1-2H3,(H2,42,43,44)/p-2/b21-19+,22-20+/t37-/m1/s1. The van der Waals surface area contributed by atoms with E-state index in [1.165, 1.54) is 89.9 Å². The maximum Gasteiger partial charge on any atom is 0.306 e. The van der Waals surface area contributed by atoms with Gasteiger partial charge in [0.05, 0.1) is 14.4 Å². The zero-order valence-electron chi connectivity index (χ0n) is 30.8. The van der Waals surface area contributed by atoms with Crippen molar-refractivity contribution in [1.82, 2.24) is 0 Å². The number of esters is 2. The molecular weight excluding hydrogens is 627 g/mol. The van der Waals surface area contributed by atoms with Crippen LogP contribution in [0.1, 0.15) is 194 Å². The van der Waals surface area contributed by atoms with Crippen LogP contribution in [0.25, 0.3) is 0 Å². The molecule has 0 bridgehead atoms. The minimum absolute atomic E-state index is 0.166. The van der Waals surface area contributed by atoms with Crippen molar-refractivity contribution in [3.8, 4) is 0 Å². The SMILES string of the molecule is CCCCCCCCC/C=C/CCCCCCC(=O)OC[C@H](COP(=O)([O-])[O-])OC(=O)CCCCCC/C=C/CCCCCCCCC. The van der Waals surface area contributed by atoms with Gasteiger partial charge in [0.1, 0.15) is 6.61 Å². The van der Waals surface area contributed by atoms with Gasteiger partial charge in [-0.1, -0.05) is 141 Å². The summed E-state index contributed by atoms with van der Waals surface area (Å²) >= 11 is 0. The predicted molar refractivity (Wildman–Crippen MR) is 193 cm³/mol. The van der Waals surface area contributed by atoms with E-state index in [1.54, 1.807) is 0 Å². The van der Waals surface area contributed by atoms with E-state index in [0.29, 0.717) is 12.8 Å². The highest BCUT2D eigenvalue weighted by atomic mass is 31.2. The minimum atomic E-state index is -5.25. The van der Waals surface area contributed by atoms with Gasteiger partial charge in [-0.2, -0.15) is 0 Å². The molecule has 0 radical (unpaired) electrons. The van der Waals surface area contributed by atoms with Crippen molar-refractivity contribution in [3.05, 3.63) is 24.3 Å². The Morgan fingerprint density at radius 2 is 0.875 bits per heavy atom. The highest BCUT2D eigenvalue weighted by Crippen LogP contribution is 2.25. The number of hydrogen-bond donors (Lipinski definition) is 0. The fourth-order valence-corrected chi connectivity index (χ4v) is 5.82. The van der Waals surface area contributed by atoms with Crippen LogP contribution in [0.2, 0.25) is 0 Å². The van der Waals surface area contributed by atoms with Crippen LogP contribution in [0.15, 0.2) is 24.3 Å². The van der Waals surface area contributed by atoms with Crippen molar-refractivity contribution in [1.29, 1.82) is 0 Å². The molecule has 0 aromatic heterocycles. The molecule has 0 amide bonds.